The molecule has 0 saturated carbocycles. The van der Waals surface area contributed by atoms with Gasteiger partial charge in [-0.2, -0.15) is 0 Å². The SMILES string of the molecule is O=C1Cc2c(cccc2[N+](=O)[O-])CO1. The third-order valence-electron chi connectivity index (χ3n) is 2.15. The maximum absolute atomic E-state index is 11.0. The summed E-state index contributed by atoms with van der Waals surface area (Å²) in [7, 11) is 0. The molecule has 1 heterocycles. The first-order chi connectivity index (χ1) is 6.68. The maximum atomic E-state index is 11.0. The average molecular weight is 193 g/mol. The van der Waals surface area contributed by atoms with Crippen molar-refractivity contribution in [1.82, 2.24) is 0 Å². The van der Waals surface area contributed by atoms with Gasteiger partial charge >= 0.3 is 5.97 Å². The number of esters is 1. The first-order valence-electron chi connectivity index (χ1n) is 4.09. The van der Waals surface area contributed by atoms with Crippen LogP contribution in [0.4, 0.5) is 5.69 Å². The Hall–Kier alpha value is -1.91. The van der Waals surface area contributed by atoms with E-state index in [1.165, 1.54) is 6.07 Å². The number of benzene rings is 1. The Labute approximate surface area is 79.4 Å². The Balaban J connectivity index is 2.54. The van der Waals surface area contributed by atoms with E-state index in [1.807, 2.05) is 0 Å². The average Bonchev–Trinajstić information content (AvgIpc) is 2.16. The molecule has 1 aliphatic heterocycles. The third-order valence-corrected chi connectivity index (χ3v) is 2.15. The number of nitro groups is 1. The van der Waals surface area contributed by atoms with Gasteiger partial charge in [-0.05, 0) is 0 Å². The minimum atomic E-state index is -0.475. The van der Waals surface area contributed by atoms with Crippen LogP contribution in [0, 0.1) is 10.1 Å². The van der Waals surface area contributed by atoms with Gasteiger partial charge in [-0.25, -0.2) is 0 Å². The van der Waals surface area contributed by atoms with Crippen LogP contribution in [0.3, 0.4) is 0 Å². The number of cyclic esters (lactones) is 1. The van der Waals surface area contributed by atoms with Crippen LogP contribution >= 0.6 is 0 Å². The molecule has 0 radical (unpaired) electrons. The fraction of sp³-hybridized carbons (Fsp3) is 0.222. The zero-order valence-electron chi connectivity index (χ0n) is 7.23. The predicted molar refractivity (Wildman–Crippen MR) is 46.6 cm³/mol. The van der Waals surface area contributed by atoms with Gasteiger partial charge < -0.3 is 4.74 Å². The van der Waals surface area contributed by atoms with Crippen molar-refractivity contribution >= 4 is 11.7 Å². The highest BCUT2D eigenvalue weighted by atomic mass is 16.6. The molecule has 5 nitrogen and oxygen atoms in total. The number of ether oxygens (including phenoxy) is 1. The van der Waals surface area contributed by atoms with Crippen molar-refractivity contribution in [2.24, 2.45) is 0 Å². The molecule has 0 aromatic heterocycles. The van der Waals surface area contributed by atoms with E-state index in [2.05, 4.69) is 0 Å². The zero-order valence-corrected chi connectivity index (χ0v) is 7.23. The number of carbonyl (C=O) groups excluding carboxylic acids is 1. The standard InChI is InChI=1S/C9H7NO4/c11-9-4-7-6(5-14-9)2-1-3-8(7)10(12)13/h1-3H,4-5H2. The first-order valence-corrected chi connectivity index (χ1v) is 4.09. The molecule has 0 bridgehead atoms. The molecule has 1 aromatic carbocycles. The molecule has 0 saturated heterocycles. The quantitative estimate of drug-likeness (QED) is 0.381. The van der Waals surface area contributed by atoms with Gasteiger partial charge in [0.1, 0.15) is 6.61 Å². The van der Waals surface area contributed by atoms with E-state index in [4.69, 9.17) is 4.74 Å². The monoisotopic (exact) mass is 193 g/mol. The smallest absolute Gasteiger partial charge is 0.310 e. The summed E-state index contributed by atoms with van der Waals surface area (Å²) in [6, 6.07) is 4.72. The lowest BCUT2D eigenvalue weighted by atomic mass is 10.0. The molecule has 72 valence electrons. The summed E-state index contributed by atoms with van der Waals surface area (Å²) in [6.07, 6.45) is -0.00745. The van der Waals surface area contributed by atoms with Crippen molar-refractivity contribution in [2.45, 2.75) is 13.0 Å². The van der Waals surface area contributed by atoms with Gasteiger partial charge in [0.05, 0.1) is 11.3 Å². The van der Waals surface area contributed by atoms with E-state index in [1.54, 1.807) is 12.1 Å². The molecule has 0 unspecified atom stereocenters. The molecule has 14 heavy (non-hydrogen) atoms. The highest BCUT2D eigenvalue weighted by Gasteiger charge is 2.24. The van der Waals surface area contributed by atoms with Crippen LogP contribution in [-0.4, -0.2) is 10.9 Å². The number of rotatable bonds is 1. The lowest BCUT2D eigenvalue weighted by Crippen LogP contribution is -2.17. The lowest BCUT2D eigenvalue weighted by molar-refractivity contribution is -0.385. The number of carbonyl (C=O) groups is 1. The summed E-state index contributed by atoms with van der Waals surface area (Å²) in [5.74, 6) is -0.410. The Kier molecular flexibility index (Phi) is 1.92. The van der Waals surface area contributed by atoms with Crippen LogP contribution in [0.2, 0.25) is 0 Å². The van der Waals surface area contributed by atoms with Crippen molar-refractivity contribution in [3.63, 3.8) is 0 Å². The molecular formula is C9H7NO4. The molecule has 0 atom stereocenters. The van der Waals surface area contributed by atoms with E-state index >= 15 is 0 Å². The molecule has 0 N–H and O–H groups in total. The number of hydrogen-bond donors (Lipinski definition) is 0. The third kappa shape index (κ3) is 1.32. The molecule has 0 spiro atoms. The Bertz CT molecular complexity index is 413. The fourth-order valence-corrected chi connectivity index (χ4v) is 1.49. The van der Waals surface area contributed by atoms with Crippen LogP contribution in [0.5, 0.6) is 0 Å². The Morgan fingerprint density at radius 2 is 2.21 bits per heavy atom. The molecule has 0 aliphatic carbocycles. The second-order valence-electron chi connectivity index (χ2n) is 3.01. The normalized spacial score (nSPS) is 14.4. The van der Waals surface area contributed by atoms with Crippen molar-refractivity contribution in [2.75, 3.05) is 0 Å². The summed E-state index contributed by atoms with van der Waals surface area (Å²) in [5.41, 5.74) is 1.20. The van der Waals surface area contributed by atoms with Gasteiger partial charge in [0.25, 0.3) is 5.69 Å². The van der Waals surface area contributed by atoms with E-state index in [0.29, 0.717) is 5.56 Å². The van der Waals surface area contributed by atoms with E-state index in [-0.39, 0.29) is 18.7 Å². The van der Waals surface area contributed by atoms with Gasteiger partial charge in [0, 0.05) is 17.2 Å². The van der Waals surface area contributed by atoms with Crippen molar-refractivity contribution in [1.29, 1.82) is 0 Å². The number of fused-ring (bicyclic) bond motifs is 1. The Morgan fingerprint density at radius 3 is 2.93 bits per heavy atom. The number of nitrogens with zero attached hydrogens (tertiary/aromatic N) is 1. The summed E-state index contributed by atoms with van der Waals surface area (Å²) in [5, 5.41) is 10.6. The van der Waals surface area contributed by atoms with Crippen LogP contribution in [-0.2, 0) is 22.6 Å². The van der Waals surface area contributed by atoms with Crippen LogP contribution in [0.15, 0.2) is 18.2 Å². The van der Waals surface area contributed by atoms with E-state index < -0.39 is 10.9 Å². The lowest BCUT2D eigenvalue weighted by Gasteiger charge is -2.15. The fourth-order valence-electron chi connectivity index (χ4n) is 1.49. The number of nitro benzene ring substituents is 1. The van der Waals surface area contributed by atoms with Gasteiger partial charge in [0.15, 0.2) is 0 Å². The first kappa shape index (κ1) is 8.68. The van der Waals surface area contributed by atoms with Crippen molar-refractivity contribution in [3.05, 3.63) is 39.4 Å². The summed E-state index contributed by atoms with van der Waals surface area (Å²) in [6.45, 7) is 0.135. The minimum absolute atomic E-state index is 0.000787. The Morgan fingerprint density at radius 1 is 1.43 bits per heavy atom. The molecular weight excluding hydrogens is 186 g/mol. The molecule has 1 aromatic rings. The molecule has 0 amide bonds. The maximum Gasteiger partial charge on any atom is 0.310 e. The van der Waals surface area contributed by atoms with Crippen LogP contribution in [0.1, 0.15) is 11.1 Å². The largest absolute Gasteiger partial charge is 0.461 e. The molecule has 1 aliphatic rings. The van der Waals surface area contributed by atoms with Crippen molar-refractivity contribution in [3.8, 4) is 0 Å². The van der Waals surface area contributed by atoms with Gasteiger partial charge in [0.2, 0.25) is 0 Å². The molecule has 0 fully saturated rings. The van der Waals surface area contributed by atoms with Crippen LogP contribution in [0.25, 0.3) is 0 Å². The van der Waals surface area contributed by atoms with Crippen molar-refractivity contribution < 1.29 is 14.5 Å². The summed E-state index contributed by atoms with van der Waals surface area (Å²) in [4.78, 5) is 21.1. The molecule has 2 rings (SSSR count). The second-order valence-corrected chi connectivity index (χ2v) is 3.01. The highest BCUT2D eigenvalue weighted by Crippen LogP contribution is 2.26. The molecule has 5 heteroatoms. The minimum Gasteiger partial charge on any atom is -0.461 e. The topological polar surface area (TPSA) is 69.4 Å². The predicted octanol–water partition coefficient (Wildman–Crippen LogP) is 1.19. The van der Waals surface area contributed by atoms with Gasteiger partial charge in [-0.1, -0.05) is 12.1 Å². The summed E-state index contributed by atoms with van der Waals surface area (Å²) >= 11 is 0. The van der Waals surface area contributed by atoms with E-state index in [9.17, 15) is 14.9 Å². The van der Waals surface area contributed by atoms with E-state index in [0.717, 1.165) is 5.56 Å². The number of hydrogen-bond acceptors (Lipinski definition) is 4. The van der Waals surface area contributed by atoms with Gasteiger partial charge in [-0.15, -0.1) is 0 Å². The van der Waals surface area contributed by atoms with Gasteiger partial charge in [-0.3, -0.25) is 14.9 Å². The second kappa shape index (κ2) is 3.10. The highest BCUT2D eigenvalue weighted by molar-refractivity contribution is 5.76. The summed E-state index contributed by atoms with van der Waals surface area (Å²) < 4.78 is 4.78. The zero-order chi connectivity index (χ0) is 10.1. The van der Waals surface area contributed by atoms with Crippen LogP contribution < -0.4 is 0 Å².